The molecule has 0 radical (unpaired) electrons. The highest BCUT2D eigenvalue weighted by atomic mass is 35.5. The van der Waals surface area contributed by atoms with Crippen LogP contribution in [0.5, 0.6) is 5.75 Å². The van der Waals surface area contributed by atoms with Gasteiger partial charge >= 0.3 is 0 Å². The zero-order valence-corrected chi connectivity index (χ0v) is 18.3. The first-order valence-electron chi connectivity index (χ1n) is 9.62. The molecule has 28 heavy (non-hydrogen) atoms. The monoisotopic (exact) mass is 417 g/mol. The van der Waals surface area contributed by atoms with E-state index in [0.29, 0.717) is 22.7 Å². The lowest BCUT2D eigenvalue weighted by atomic mass is 10.0. The molecule has 0 bridgehead atoms. The fraction of sp³-hybridized carbons (Fsp3) is 0.409. The molecular weight excluding hydrogens is 390 g/mol. The summed E-state index contributed by atoms with van der Waals surface area (Å²) < 4.78 is 5.56. The van der Waals surface area contributed by atoms with Crippen LogP contribution in [0.4, 0.5) is 5.69 Å². The topological polar surface area (TPSA) is 27.7 Å². The fourth-order valence-corrected chi connectivity index (χ4v) is 4.10. The van der Waals surface area contributed by atoms with Gasteiger partial charge in [-0.2, -0.15) is 0 Å². The van der Waals surface area contributed by atoms with E-state index < -0.39 is 0 Å². The Morgan fingerprint density at radius 3 is 2.68 bits per heavy atom. The van der Waals surface area contributed by atoms with Crippen molar-refractivity contribution in [3.8, 4) is 5.75 Å². The molecule has 1 aliphatic rings. The molecule has 1 aliphatic heterocycles. The molecule has 6 heteroatoms. The van der Waals surface area contributed by atoms with Crippen LogP contribution in [0.25, 0.3) is 0 Å². The van der Waals surface area contributed by atoms with E-state index in [-0.39, 0.29) is 0 Å². The highest BCUT2D eigenvalue weighted by molar-refractivity contribution is 7.80. The largest absolute Gasteiger partial charge is 0.496 e. The standard InChI is InChI=1S/C22H28ClN3OS/c1-16-8-9-19(23)20(14-16)24-22(28)26(18-10-12-25(2)13-11-18)15-17-6-4-5-7-21(17)27-3/h4-9,14,18H,10-13,15H2,1-3H3,(H,24,28). The Morgan fingerprint density at radius 2 is 1.96 bits per heavy atom. The molecule has 0 amide bonds. The molecule has 4 nitrogen and oxygen atoms in total. The van der Waals surface area contributed by atoms with Crippen molar-refractivity contribution in [3.05, 3.63) is 58.6 Å². The Bertz CT molecular complexity index is 821. The van der Waals surface area contributed by atoms with Gasteiger partial charge < -0.3 is 19.9 Å². The molecule has 1 heterocycles. The number of hydrogen-bond acceptors (Lipinski definition) is 3. The predicted octanol–water partition coefficient (Wildman–Crippen LogP) is 4.95. The molecule has 2 aromatic rings. The Hall–Kier alpha value is -1.82. The lowest BCUT2D eigenvalue weighted by Gasteiger charge is -2.39. The van der Waals surface area contributed by atoms with Crippen LogP contribution in [-0.2, 0) is 6.54 Å². The van der Waals surface area contributed by atoms with E-state index in [0.717, 1.165) is 48.5 Å². The van der Waals surface area contributed by atoms with Crippen molar-refractivity contribution in [3.63, 3.8) is 0 Å². The van der Waals surface area contributed by atoms with Gasteiger partial charge in [-0.05, 0) is 75.9 Å². The van der Waals surface area contributed by atoms with Crippen LogP contribution in [0, 0.1) is 6.92 Å². The summed E-state index contributed by atoms with van der Waals surface area (Å²) in [6.07, 6.45) is 2.16. The van der Waals surface area contributed by atoms with Crippen LogP contribution in [0.2, 0.25) is 5.02 Å². The number of rotatable bonds is 5. The Balaban J connectivity index is 1.84. The summed E-state index contributed by atoms with van der Waals surface area (Å²) in [5.41, 5.74) is 3.12. The van der Waals surface area contributed by atoms with Gasteiger partial charge in [0.05, 0.1) is 17.8 Å². The van der Waals surface area contributed by atoms with Crippen LogP contribution in [0.1, 0.15) is 24.0 Å². The van der Waals surface area contributed by atoms with E-state index in [1.165, 1.54) is 0 Å². The number of para-hydroxylation sites is 1. The number of ether oxygens (including phenoxy) is 1. The predicted molar refractivity (Wildman–Crippen MR) is 121 cm³/mol. The first kappa shape index (κ1) is 20.9. The summed E-state index contributed by atoms with van der Waals surface area (Å²) in [4.78, 5) is 4.66. The molecule has 2 aromatic carbocycles. The number of aryl methyl sites for hydroxylation is 1. The number of nitrogens with one attached hydrogen (secondary N) is 1. The highest BCUT2D eigenvalue weighted by Gasteiger charge is 2.26. The maximum absolute atomic E-state index is 6.39. The van der Waals surface area contributed by atoms with Gasteiger partial charge in [0.15, 0.2) is 5.11 Å². The number of nitrogens with zero attached hydrogens (tertiary/aromatic N) is 2. The third-order valence-electron chi connectivity index (χ3n) is 5.29. The second-order valence-corrected chi connectivity index (χ2v) is 8.18. The van der Waals surface area contributed by atoms with Gasteiger partial charge in [0.2, 0.25) is 0 Å². The molecule has 0 saturated carbocycles. The molecular formula is C22H28ClN3OS. The first-order valence-corrected chi connectivity index (χ1v) is 10.4. The van der Waals surface area contributed by atoms with Gasteiger partial charge in [-0.15, -0.1) is 0 Å². The molecule has 3 rings (SSSR count). The molecule has 1 saturated heterocycles. The maximum atomic E-state index is 6.39. The van der Waals surface area contributed by atoms with E-state index in [2.05, 4.69) is 28.2 Å². The number of benzene rings is 2. The van der Waals surface area contributed by atoms with Crippen LogP contribution in [0.15, 0.2) is 42.5 Å². The molecule has 0 aliphatic carbocycles. The Labute approximate surface area is 178 Å². The SMILES string of the molecule is COc1ccccc1CN(C(=S)Nc1cc(C)ccc1Cl)C1CCN(C)CC1. The second-order valence-electron chi connectivity index (χ2n) is 7.39. The molecule has 1 fully saturated rings. The van der Waals surface area contributed by atoms with Crippen molar-refractivity contribution >= 4 is 34.6 Å². The van der Waals surface area contributed by atoms with Crippen molar-refractivity contribution in [1.82, 2.24) is 9.80 Å². The zero-order valence-electron chi connectivity index (χ0n) is 16.7. The van der Waals surface area contributed by atoms with Gasteiger partial charge in [-0.1, -0.05) is 35.9 Å². The number of hydrogen-bond donors (Lipinski definition) is 1. The van der Waals surface area contributed by atoms with Crippen molar-refractivity contribution < 1.29 is 4.74 Å². The van der Waals surface area contributed by atoms with Gasteiger partial charge in [0.1, 0.15) is 5.75 Å². The normalized spacial score (nSPS) is 15.3. The number of likely N-dealkylation sites (tertiary alicyclic amines) is 1. The quantitative estimate of drug-likeness (QED) is 0.695. The smallest absolute Gasteiger partial charge is 0.174 e. The van der Waals surface area contributed by atoms with Crippen LogP contribution in [0.3, 0.4) is 0 Å². The molecule has 150 valence electrons. The van der Waals surface area contributed by atoms with Gasteiger partial charge in [0.25, 0.3) is 0 Å². The lowest BCUT2D eigenvalue weighted by Crippen LogP contribution is -2.47. The summed E-state index contributed by atoms with van der Waals surface area (Å²) in [5.74, 6) is 0.886. The highest BCUT2D eigenvalue weighted by Crippen LogP contribution is 2.27. The minimum Gasteiger partial charge on any atom is -0.496 e. The molecule has 1 N–H and O–H groups in total. The minimum atomic E-state index is 0.379. The third-order valence-corrected chi connectivity index (χ3v) is 5.95. The van der Waals surface area contributed by atoms with Crippen molar-refractivity contribution in [2.75, 3.05) is 32.6 Å². The van der Waals surface area contributed by atoms with Gasteiger partial charge in [0, 0.05) is 18.2 Å². The lowest BCUT2D eigenvalue weighted by molar-refractivity contribution is 0.173. The zero-order chi connectivity index (χ0) is 20.1. The maximum Gasteiger partial charge on any atom is 0.174 e. The van der Waals surface area contributed by atoms with Crippen LogP contribution < -0.4 is 10.1 Å². The van der Waals surface area contributed by atoms with Crippen LogP contribution >= 0.6 is 23.8 Å². The van der Waals surface area contributed by atoms with Crippen molar-refractivity contribution in [2.24, 2.45) is 0 Å². The first-order chi connectivity index (χ1) is 13.5. The minimum absolute atomic E-state index is 0.379. The fourth-order valence-electron chi connectivity index (χ4n) is 3.61. The summed E-state index contributed by atoms with van der Waals surface area (Å²) >= 11 is 12.2. The van der Waals surface area contributed by atoms with E-state index in [4.69, 9.17) is 28.6 Å². The number of anilines is 1. The summed E-state index contributed by atoms with van der Waals surface area (Å²) in [5, 5.41) is 4.76. The Morgan fingerprint density at radius 1 is 1.25 bits per heavy atom. The van der Waals surface area contributed by atoms with Gasteiger partial charge in [-0.3, -0.25) is 0 Å². The van der Waals surface area contributed by atoms with E-state index in [1.54, 1.807) is 7.11 Å². The van der Waals surface area contributed by atoms with Crippen molar-refractivity contribution in [2.45, 2.75) is 32.4 Å². The number of thiocarbonyl (C=S) groups is 1. The average Bonchev–Trinajstić information content (AvgIpc) is 2.70. The van der Waals surface area contributed by atoms with E-state index in [9.17, 15) is 0 Å². The number of piperidine rings is 1. The van der Waals surface area contributed by atoms with Crippen molar-refractivity contribution in [1.29, 1.82) is 0 Å². The summed E-state index contributed by atoms with van der Waals surface area (Å²) in [6, 6.07) is 14.4. The number of methoxy groups -OCH3 is 1. The third kappa shape index (κ3) is 5.16. The van der Waals surface area contributed by atoms with Gasteiger partial charge in [-0.25, -0.2) is 0 Å². The molecule has 0 spiro atoms. The molecule has 0 atom stereocenters. The molecule has 0 aromatic heterocycles. The summed E-state index contributed by atoms with van der Waals surface area (Å²) in [6.45, 7) is 4.89. The molecule has 0 unspecified atom stereocenters. The van der Waals surface area contributed by atoms with E-state index >= 15 is 0 Å². The Kier molecular flexibility index (Phi) is 7.16. The average molecular weight is 418 g/mol. The van der Waals surface area contributed by atoms with Crippen LogP contribution in [-0.4, -0.2) is 48.2 Å². The second kappa shape index (κ2) is 9.59. The summed E-state index contributed by atoms with van der Waals surface area (Å²) in [7, 11) is 3.88. The van der Waals surface area contributed by atoms with E-state index in [1.807, 2.05) is 43.3 Å². The number of halogens is 1.